The minimum atomic E-state index is -3.87. The van der Waals surface area contributed by atoms with Crippen LogP contribution in [0.15, 0.2) is 11.0 Å². The molecule has 2 N–H and O–H groups in total. The molecular formula is C12H16N2O5S2. The largest absolute Gasteiger partial charge is 0.477 e. The van der Waals surface area contributed by atoms with Crippen LogP contribution >= 0.6 is 11.3 Å². The van der Waals surface area contributed by atoms with Gasteiger partial charge in [0.05, 0.1) is 4.90 Å². The molecule has 2 rings (SSSR count). The fourth-order valence-electron chi connectivity index (χ4n) is 2.41. The molecule has 1 aromatic rings. The van der Waals surface area contributed by atoms with E-state index in [2.05, 4.69) is 5.32 Å². The minimum Gasteiger partial charge on any atom is -0.477 e. The number of likely N-dealkylation sites (N-methyl/N-ethyl adjacent to an activating group) is 1. The molecule has 1 fully saturated rings. The number of nitrogens with zero attached hydrogens (tertiary/aromatic N) is 1. The van der Waals surface area contributed by atoms with Crippen LogP contribution in [0, 0.1) is 6.92 Å². The lowest BCUT2D eigenvalue weighted by molar-refractivity contribution is -0.123. The Morgan fingerprint density at radius 3 is 2.67 bits per heavy atom. The second-order valence-electron chi connectivity index (χ2n) is 4.72. The van der Waals surface area contributed by atoms with Crippen LogP contribution in [0.2, 0.25) is 0 Å². The molecule has 9 heteroatoms. The van der Waals surface area contributed by atoms with Gasteiger partial charge in [0, 0.05) is 18.5 Å². The molecular weight excluding hydrogens is 316 g/mol. The highest BCUT2D eigenvalue weighted by atomic mass is 32.2. The highest BCUT2D eigenvalue weighted by Crippen LogP contribution is 2.32. The first kappa shape index (κ1) is 15.9. The fourth-order valence-corrected chi connectivity index (χ4v) is 5.47. The number of hydrogen-bond donors (Lipinski definition) is 2. The van der Waals surface area contributed by atoms with Crippen molar-refractivity contribution in [2.45, 2.75) is 30.7 Å². The van der Waals surface area contributed by atoms with Gasteiger partial charge in [-0.1, -0.05) is 0 Å². The van der Waals surface area contributed by atoms with E-state index in [0.29, 0.717) is 17.7 Å². The summed E-state index contributed by atoms with van der Waals surface area (Å²) in [4.78, 5) is 23.1. The predicted molar refractivity (Wildman–Crippen MR) is 77.0 cm³/mol. The van der Waals surface area contributed by atoms with E-state index in [9.17, 15) is 18.0 Å². The molecule has 1 aromatic heterocycles. The second kappa shape index (κ2) is 5.74. The predicted octanol–water partition coefficient (Wildman–Crippen LogP) is 0.654. The van der Waals surface area contributed by atoms with E-state index in [-0.39, 0.29) is 22.2 Å². The van der Waals surface area contributed by atoms with E-state index in [1.165, 1.54) is 7.05 Å². The van der Waals surface area contributed by atoms with Gasteiger partial charge in [-0.25, -0.2) is 13.2 Å². The molecule has 0 bridgehead atoms. The molecule has 0 radical (unpaired) electrons. The summed E-state index contributed by atoms with van der Waals surface area (Å²) in [6.07, 6.45) is 1.07. The van der Waals surface area contributed by atoms with Gasteiger partial charge in [-0.3, -0.25) is 4.79 Å². The Balaban J connectivity index is 2.42. The Labute approximate surface area is 126 Å². The standard InChI is InChI=1S/C12H16N2O5S2/c1-7-10(6-9(20-7)12(16)17)21(18,19)14-5-3-4-8(14)11(15)13-2/h6,8H,3-5H2,1-2H3,(H,13,15)(H,16,17). The number of amides is 1. The summed E-state index contributed by atoms with van der Waals surface area (Å²) < 4.78 is 26.5. The summed E-state index contributed by atoms with van der Waals surface area (Å²) in [7, 11) is -2.40. The third-order valence-electron chi connectivity index (χ3n) is 3.42. The summed E-state index contributed by atoms with van der Waals surface area (Å²) in [5.41, 5.74) is 0. The summed E-state index contributed by atoms with van der Waals surface area (Å²) in [6, 6.07) is 0.434. The maximum atomic E-state index is 12.7. The van der Waals surface area contributed by atoms with Crippen molar-refractivity contribution in [2.24, 2.45) is 0 Å². The molecule has 0 aromatic carbocycles. The lowest BCUT2D eigenvalue weighted by atomic mass is 10.2. The van der Waals surface area contributed by atoms with E-state index >= 15 is 0 Å². The van der Waals surface area contributed by atoms with Crippen molar-refractivity contribution in [1.82, 2.24) is 9.62 Å². The number of carbonyl (C=O) groups excluding carboxylic acids is 1. The van der Waals surface area contributed by atoms with Crippen molar-refractivity contribution >= 4 is 33.2 Å². The Hall–Kier alpha value is -1.45. The summed E-state index contributed by atoms with van der Waals surface area (Å²) in [6.45, 7) is 1.83. The number of sulfonamides is 1. The van der Waals surface area contributed by atoms with Gasteiger partial charge >= 0.3 is 5.97 Å². The molecule has 1 saturated heterocycles. The highest BCUT2D eigenvalue weighted by molar-refractivity contribution is 7.89. The molecule has 0 aliphatic carbocycles. The van der Waals surface area contributed by atoms with Crippen LogP contribution in [-0.4, -0.2) is 49.3 Å². The molecule has 0 spiro atoms. The average molecular weight is 332 g/mol. The van der Waals surface area contributed by atoms with E-state index < -0.39 is 22.0 Å². The summed E-state index contributed by atoms with van der Waals surface area (Å²) in [5, 5.41) is 11.4. The third-order valence-corrected chi connectivity index (χ3v) is 6.62. The van der Waals surface area contributed by atoms with Crippen LogP contribution in [0.3, 0.4) is 0 Å². The number of carboxylic acids is 1. The van der Waals surface area contributed by atoms with Crippen LogP contribution in [0.25, 0.3) is 0 Å². The Morgan fingerprint density at radius 1 is 1.48 bits per heavy atom. The molecule has 1 aliphatic heterocycles. The number of carbonyl (C=O) groups is 2. The zero-order chi connectivity index (χ0) is 15.8. The quantitative estimate of drug-likeness (QED) is 0.843. The van der Waals surface area contributed by atoms with Gasteiger partial charge in [-0.05, 0) is 25.8 Å². The van der Waals surface area contributed by atoms with Crippen LogP contribution in [0.5, 0.6) is 0 Å². The van der Waals surface area contributed by atoms with Gasteiger partial charge in [0.25, 0.3) is 0 Å². The molecule has 21 heavy (non-hydrogen) atoms. The zero-order valence-electron chi connectivity index (χ0n) is 11.6. The minimum absolute atomic E-state index is 0.0261. The zero-order valence-corrected chi connectivity index (χ0v) is 13.3. The fraction of sp³-hybridized carbons (Fsp3) is 0.500. The van der Waals surface area contributed by atoms with E-state index in [4.69, 9.17) is 5.11 Å². The number of aromatic carboxylic acids is 1. The van der Waals surface area contributed by atoms with Crippen LogP contribution in [0.1, 0.15) is 27.4 Å². The number of aryl methyl sites for hydroxylation is 1. The summed E-state index contributed by atoms with van der Waals surface area (Å²) >= 11 is 0.918. The molecule has 1 amide bonds. The normalized spacial score (nSPS) is 19.6. The maximum absolute atomic E-state index is 12.7. The number of hydrogen-bond acceptors (Lipinski definition) is 5. The van der Waals surface area contributed by atoms with Crippen molar-refractivity contribution in [3.8, 4) is 0 Å². The number of carboxylic acid groups (broad SMARTS) is 1. The van der Waals surface area contributed by atoms with Crippen LogP contribution < -0.4 is 5.32 Å². The highest BCUT2D eigenvalue weighted by Gasteiger charge is 2.40. The Morgan fingerprint density at radius 2 is 2.14 bits per heavy atom. The number of thiophene rings is 1. The number of rotatable bonds is 4. The van der Waals surface area contributed by atoms with Crippen molar-refractivity contribution in [2.75, 3.05) is 13.6 Å². The molecule has 7 nitrogen and oxygen atoms in total. The molecule has 1 aliphatic rings. The summed E-state index contributed by atoms with van der Waals surface area (Å²) in [5.74, 6) is -1.50. The molecule has 2 heterocycles. The average Bonchev–Trinajstić information content (AvgIpc) is 3.04. The van der Waals surface area contributed by atoms with Gasteiger partial charge in [0.1, 0.15) is 10.9 Å². The molecule has 116 valence electrons. The lowest BCUT2D eigenvalue weighted by Gasteiger charge is -2.22. The molecule has 1 unspecified atom stereocenters. The van der Waals surface area contributed by atoms with Gasteiger partial charge in [-0.15, -0.1) is 11.3 Å². The first-order valence-electron chi connectivity index (χ1n) is 6.36. The van der Waals surface area contributed by atoms with Crippen molar-refractivity contribution in [1.29, 1.82) is 0 Å². The Kier molecular flexibility index (Phi) is 4.35. The smallest absolute Gasteiger partial charge is 0.345 e. The van der Waals surface area contributed by atoms with Gasteiger partial charge in [-0.2, -0.15) is 4.31 Å². The van der Waals surface area contributed by atoms with Gasteiger partial charge < -0.3 is 10.4 Å². The van der Waals surface area contributed by atoms with Crippen molar-refractivity contribution < 1.29 is 23.1 Å². The number of nitrogens with one attached hydrogen (secondary N) is 1. The van der Waals surface area contributed by atoms with Crippen LogP contribution in [-0.2, 0) is 14.8 Å². The van der Waals surface area contributed by atoms with Gasteiger partial charge in [0.15, 0.2) is 0 Å². The van der Waals surface area contributed by atoms with Crippen LogP contribution in [0.4, 0.5) is 0 Å². The monoisotopic (exact) mass is 332 g/mol. The lowest BCUT2D eigenvalue weighted by Crippen LogP contribution is -2.44. The topological polar surface area (TPSA) is 104 Å². The Bertz CT molecular complexity index is 680. The van der Waals surface area contributed by atoms with Crippen molar-refractivity contribution in [3.63, 3.8) is 0 Å². The maximum Gasteiger partial charge on any atom is 0.345 e. The van der Waals surface area contributed by atoms with Crippen molar-refractivity contribution in [3.05, 3.63) is 15.8 Å². The first-order chi connectivity index (χ1) is 9.78. The van der Waals surface area contributed by atoms with E-state index in [1.807, 2.05) is 0 Å². The van der Waals surface area contributed by atoms with E-state index in [1.54, 1.807) is 6.92 Å². The molecule has 1 atom stereocenters. The van der Waals surface area contributed by atoms with E-state index in [0.717, 1.165) is 21.7 Å². The second-order valence-corrected chi connectivity index (χ2v) is 7.84. The first-order valence-corrected chi connectivity index (χ1v) is 8.62. The van der Waals surface area contributed by atoms with Gasteiger partial charge in [0.2, 0.25) is 15.9 Å². The molecule has 0 saturated carbocycles. The SMILES string of the molecule is CNC(=O)C1CCCN1S(=O)(=O)c1cc(C(=O)O)sc1C. The third kappa shape index (κ3) is 2.81.